The Morgan fingerprint density at radius 3 is 2.18 bits per heavy atom. The Morgan fingerprint density at radius 2 is 1.91 bits per heavy atom. The van der Waals surface area contributed by atoms with Crippen LogP contribution in [0.15, 0.2) is 0 Å². The molecule has 2 amide bonds. The summed E-state index contributed by atoms with van der Waals surface area (Å²) in [5.74, 6) is -1.24. The van der Waals surface area contributed by atoms with E-state index in [4.69, 9.17) is 11.5 Å². The van der Waals surface area contributed by atoms with Gasteiger partial charge in [0.1, 0.15) is 6.04 Å². The largest absolute Gasteiger partial charge is 0.343 e. The molecule has 11 heavy (non-hydrogen) atoms. The van der Waals surface area contributed by atoms with Crippen LogP contribution in [0, 0.1) is 0 Å². The fraction of sp³-hybridized carbons (Fsp3) is 0.667. The van der Waals surface area contributed by atoms with Gasteiger partial charge in [0.25, 0.3) is 5.91 Å². The summed E-state index contributed by atoms with van der Waals surface area (Å²) in [7, 11) is 0. The highest BCUT2D eigenvalue weighted by molar-refractivity contribution is 5.87. The van der Waals surface area contributed by atoms with Crippen LogP contribution in [-0.4, -0.2) is 23.9 Å². The molecular formula is C6H12N3O2. The van der Waals surface area contributed by atoms with Gasteiger partial charge in [-0.15, -0.1) is 0 Å². The second-order valence-corrected chi connectivity index (χ2v) is 2.38. The third-order valence-electron chi connectivity index (χ3n) is 1.17. The first kappa shape index (κ1) is 9.90. The van der Waals surface area contributed by atoms with Crippen molar-refractivity contribution in [1.82, 2.24) is 11.1 Å². The van der Waals surface area contributed by atoms with Crippen molar-refractivity contribution in [2.75, 3.05) is 0 Å². The van der Waals surface area contributed by atoms with E-state index in [0.717, 1.165) is 0 Å². The van der Waals surface area contributed by atoms with Gasteiger partial charge in [-0.3, -0.25) is 15.3 Å². The first-order chi connectivity index (χ1) is 4.95. The summed E-state index contributed by atoms with van der Waals surface area (Å²) < 4.78 is 0. The molecule has 2 atom stereocenters. The van der Waals surface area contributed by atoms with Gasteiger partial charge in [-0.25, -0.2) is 0 Å². The molecule has 0 bridgehead atoms. The van der Waals surface area contributed by atoms with Gasteiger partial charge in [0.05, 0.1) is 6.04 Å². The minimum Gasteiger partial charge on any atom is -0.343 e. The fourth-order valence-electron chi connectivity index (χ4n) is 0.410. The predicted octanol–water partition coefficient (Wildman–Crippen LogP) is -1.35. The first-order valence-electron chi connectivity index (χ1n) is 3.26. The minimum absolute atomic E-state index is 0.418. The molecule has 5 nitrogen and oxygen atoms in total. The Balaban J connectivity index is 3.85. The maximum absolute atomic E-state index is 10.8. The Labute approximate surface area is 65.1 Å². The third-order valence-corrected chi connectivity index (χ3v) is 1.17. The van der Waals surface area contributed by atoms with Crippen LogP contribution in [0.1, 0.15) is 13.8 Å². The third kappa shape index (κ3) is 3.57. The summed E-state index contributed by atoms with van der Waals surface area (Å²) in [5, 5.41) is 2.28. The Bertz CT molecular complexity index is 167. The molecule has 0 spiro atoms. The highest BCUT2D eigenvalue weighted by atomic mass is 16.2. The molecule has 0 fully saturated rings. The molecule has 0 saturated heterocycles. The second-order valence-electron chi connectivity index (χ2n) is 2.38. The van der Waals surface area contributed by atoms with Crippen molar-refractivity contribution in [3.63, 3.8) is 0 Å². The van der Waals surface area contributed by atoms with Gasteiger partial charge in [-0.05, 0) is 13.8 Å². The number of carbonyl (C=O) groups excluding carboxylic acids is 2. The van der Waals surface area contributed by atoms with Crippen LogP contribution in [0.25, 0.3) is 0 Å². The lowest BCUT2D eigenvalue weighted by Gasteiger charge is -2.10. The fourth-order valence-corrected chi connectivity index (χ4v) is 0.410. The number of nitrogens with one attached hydrogen (secondary N) is 2. The number of nitrogens with two attached hydrogens (primary N) is 1. The van der Waals surface area contributed by atoms with Gasteiger partial charge in [-0.2, -0.15) is 0 Å². The number of rotatable bonds is 3. The smallest absolute Gasteiger partial charge is 0.260 e. The molecule has 2 unspecified atom stereocenters. The normalized spacial score (nSPS) is 15.2. The van der Waals surface area contributed by atoms with Crippen molar-refractivity contribution in [3.05, 3.63) is 0 Å². The van der Waals surface area contributed by atoms with E-state index in [1.165, 1.54) is 13.8 Å². The van der Waals surface area contributed by atoms with Crippen LogP contribution in [0.4, 0.5) is 0 Å². The van der Waals surface area contributed by atoms with Crippen molar-refractivity contribution >= 4 is 11.8 Å². The van der Waals surface area contributed by atoms with Crippen molar-refractivity contribution in [1.29, 1.82) is 0 Å². The highest BCUT2D eigenvalue weighted by Crippen LogP contribution is 1.82. The molecule has 0 aromatic rings. The van der Waals surface area contributed by atoms with E-state index in [0.29, 0.717) is 0 Å². The Kier molecular flexibility index (Phi) is 3.53. The van der Waals surface area contributed by atoms with Gasteiger partial charge in [0.15, 0.2) is 0 Å². The second kappa shape index (κ2) is 3.92. The zero-order valence-electron chi connectivity index (χ0n) is 6.55. The van der Waals surface area contributed by atoms with Gasteiger partial charge in [0, 0.05) is 0 Å². The quantitative estimate of drug-likeness (QED) is 0.531. The summed E-state index contributed by atoms with van der Waals surface area (Å²) in [6.07, 6.45) is 0. The average molecular weight is 158 g/mol. The van der Waals surface area contributed by atoms with Gasteiger partial charge >= 0.3 is 0 Å². The molecule has 0 aromatic carbocycles. The van der Waals surface area contributed by atoms with Crippen LogP contribution >= 0.6 is 0 Å². The molecule has 0 aromatic heterocycles. The lowest BCUT2D eigenvalue weighted by atomic mass is 10.3. The van der Waals surface area contributed by atoms with Gasteiger partial charge in [0.2, 0.25) is 5.91 Å². The predicted molar refractivity (Wildman–Crippen MR) is 39.4 cm³/mol. The van der Waals surface area contributed by atoms with Crippen molar-refractivity contribution in [2.24, 2.45) is 5.73 Å². The topological polar surface area (TPSA) is 96.0 Å². The molecular weight excluding hydrogens is 146 g/mol. The summed E-state index contributed by atoms with van der Waals surface area (Å²) in [4.78, 5) is 21.1. The van der Waals surface area contributed by atoms with E-state index >= 15 is 0 Å². The van der Waals surface area contributed by atoms with E-state index in [1.54, 1.807) is 0 Å². The highest BCUT2D eigenvalue weighted by Gasteiger charge is 2.14. The van der Waals surface area contributed by atoms with Crippen molar-refractivity contribution in [3.8, 4) is 0 Å². The molecule has 4 N–H and O–H groups in total. The minimum atomic E-state index is -0.820. The van der Waals surface area contributed by atoms with Gasteiger partial charge in [-0.1, -0.05) is 0 Å². The molecule has 5 heteroatoms. The van der Waals surface area contributed by atoms with Crippen molar-refractivity contribution in [2.45, 2.75) is 25.9 Å². The van der Waals surface area contributed by atoms with Crippen LogP contribution in [0.2, 0.25) is 0 Å². The van der Waals surface area contributed by atoms with Crippen LogP contribution in [0.3, 0.4) is 0 Å². The molecule has 0 aliphatic rings. The van der Waals surface area contributed by atoms with E-state index in [-0.39, 0.29) is 0 Å². The lowest BCUT2D eigenvalue weighted by molar-refractivity contribution is -0.127. The summed E-state index contributed by atoms with van der Waals surface area (Å²) >= 11 is 0. The monoisotopic (exact) mass is 158 g/mol. The van der Waals surface area contributed by atoms with Crippen LogP contribution in [0.5, 0.6) is 0 Å². The summed E-state index contributed by atoms with van der Waals surface area (Å²) in [6.45, 7) is 2.95. The summed E-state index contributed by atoms with van der Waals surface area (Å²) in [5.41, 5.74) is 11.8. The number of amides is 2. The molecule has 0 rings (SSSR count). The van der Waals surface area contributed by atoms with Crippen molar-refractivity contribution < 1.29 is 9.59 Å². The molecule has 0 aliphatic carbocycles. The maximum Gasteiger partial charge on any atom is 0.260 e. The molecule has 0 aliphatic heterocycles. The van der Waals surface area contributed by atoms with E-state index in [2.05, 4.69) is 5.32 Å². The van der Waals surface area contributed by atoms with Crippen LogP contribution < -0.4 is 16.8 Å². The summed E-state index contributed by atoms with van der Waals surface area (Å²) in [6, 6.07) is -1.41. The Morgan fingerprint density at radius 1 is 1.45 bits per heavy atom. The SMILES string of the molecule is CC(N)C(=O)NC(C)C([NH])=O. The van der Waals surface area contributed by atoms with E-state index < -0.39 is 23.9 Å². The van der Waals surface area contributed by atoms with Gasteiger partial charge < -0.3 is 11.1 Å². The molecule has 0 heterocycles. The Hall–Kier alpha value is -1.10. The number of carbonyl (C=O) groups is 2. The molecule has 0 saturated carbocycles. The number of hydrogen-bond acceptors (Lipinski definition) is 3. The van der Waals surface area contributed by atoms with Crippen LogP contribution in [-0.2, 0) is 9.59 Å². The standard InChI is InChI=1S/C6H12N3O2/c1-3(7)6(11)9-4(2)5(8)10/h3-4,8H,7H2,1-2H3,(H,9,11). The van der Waals surface area contributed by atoms with E-state index in [1.807, 2.05) is 0 Å². The van der Waals surface area contributed by atoms with E-state index in [9.17, 15) is 9.59 Å². The lowest BCUT2D eigenvalue weighted by Crippen LogP contribution is -2.46. The number of hydrogen-bond donors (Lipinski definition) is 2. The first-order valence-corrected chi connectivity index (χ1v) is 3.26. The zero-order valence-corrected chi connectivity index (χ0v) is 6.55. The molecule has 63 valence electrons. The average Bonchev–Trinajstić information content (AvgIpc) is 1.87. The molecule has 1 radical (unpaired) electrons. The maximum atomic E-state index is 10.8. The zero-order chi connectivity index (χ0) is 9.02.